The van der Waals surface area contributed by atoms with Gasteiger partial charge in [-0.2, -0.15) is 0 Å². The maximum atomic E-state index is 5.93. The second kappa shape index (κ2) is 4.19. The molecule has 2 aliphatic carbocycles. The van der Waals surface area contributed by atoms with Crippen molar-refractivity contribution < 1.29 is 0 Å². The SMILES string of the molecule is CC1CCC1N(C)C1CCC(N)CC1. The van der Waals surface area contributed by atoms with Crippen LogP contribution in [0.5, 0.6) is 0 Å². The van der Waals surface area contributed by atoms with Gasteiger partial charge >= 0.3 is 0 Å². The van der Waals surface area contributed by atoms with E-state index in [0.29, 0.717) is 6.04 Å². The average Bonchev–Trinajstić information content (AvgIpc) is 2.16. The molecule has 0 heterocycles. The molecular weight excluding hydrogens is 172 g/mol. The fourth-order valence-corrected chi connectivity index (χ4v) is 3.03. The predicted octanol–water partition coefficient (Wildman–Crippen LogP) is 1.99. The number of nitrogens with zero attached hydrogens (tertiary/aromatic N) is 1. The molecule has 0 saturated heterocycles. The van der Waals surface area contributed by atoms with Crippen LogP contribution in [-0.2, 0) is 0 Å². The first-order chi connectivity index (χ1) is 6.68. The van der Waals surface area contributed by atoms with Gasteiger partial charge in [-0.15, -0.1) is 0 Å². The third kappa shape index (κ3) is 1.96. The summed E-state index contributed by atoms with van der Waals surface area (Å²) in [6.45, 7) is 2.39. The molecule has 2 heteroatoms. The lowest BCUT2D eigenvalue weighted by Crippen LogP contribution is -2.50. The van der Waals surface area contributed by atoms with Crippen LogP contribution in [0.2, 0.25) is 0 Å². The standard InChI is InChI=1S/C12H24N2/c1-9-3-8-12(9)14(2)11-6-4-10(13)5-7-11/h9-12H,3-8,13H2,1-2H3. The highest BCUT2D eigenvalue weighted by molar-refractivity contribution is 4.90. The van der Waals surface area contributed by atoms with Crippen molar-refractivity contribution in [2.24, 2.45) is 11.7 Å². The number of hydrogen-bond donors (Lipinski definition) is 1. The normalized spacial score (nSPS) is 43.7. The van der Waals surface area contributed by atoms with Crippen LogP contribution >= 0.6 is 0 Å². The lowest BCUT2D eigenvalue weighted by molar-refractivity contribution is 0.0423. The van der Waals surface area contributed by atoms with Crippen LogP contribution in [0.3, 0.4) is 0 Å². The summed E-state index contributed by atoms with van der Waals surface area (Å²) >= 11 is 0. The molecule has 2 unspecified atom stereocenters. The summed E-state index contributed by atoms with van der Waals surface area (Å²) in [5.74, 6) is 0.926. The van der Waals surface area contributed by atoms with Crippen LogP contribution in [0.25, 0.3) is 0 Å². The monoisotopic (exact) mass is 196 g/mol. The smallest absolute Gasteiger partial charge is 0.0121 e. The van der Waals surface area contributed by atoms with Crippen molar-refractivity contribution in [1.82, 2.24) is 4.90 Å². The topological polar surface area (TPSA) is 29.3 Å². The lowest BCUT2D eigenvalue weighted by Gasteiger charge is -2.46. The van der Waals surface area contributed by atoms with Crippen LogP contribution < -0.4 is 5.73 Å². The van der Waals surface area contributed by atoms with E-state index >= 15 is 0 Å². The number of hydrogen-bond acceptors (Lipinski definition) is 2. The summed E-state index contributed by atoms with van der Waals surface area (Å²) < 4.78 is 0. The van der Waals surface area contributed by atoms with E-state index in [4.69, 9.17) is 5.73 Å². The molecule has 0 amide bonds. The summed E-state index contributed by atoms with van der Waals surface area (Å²) in [7, 11) is 2.32. The molecule has 0 spiro atoms. The van der Waals surface area contributed by atoms with E-state index in [1.54, 1.807) is 0 Å². The summed E-state index contributed by atoms with van der Waals surface area (Å²) in [4.78, 5) is 2.64. The van der Waals surface area contributed by atoms with Crippen molar-refractivity contribution in [3.8, 4) is 0 Å². The highest BCUT2D eigenvalue weighted by Crippen LogP contribution is 2.34. The minimum Gasteiger partial charge on any atom is -0.328 e. The Morgan fingerprint density at radius 2 is 1.64 bits per heavy atom. The minimum atomic E-state index is 0.485. The van der Waals surface area contributed by atoms with E-state index in [9.17, 15) is 0 Å². The molecule has 2 aliphatic rings. The van der Waals surface area contributed by atoms with Gasteiger partial charge in [-0.05, 0) is 51.5 Å². The molecule has 2 N–H and O–H groups in total. The van der Waals surface area contributed by atoms with Crippen LogP contribution in [-0.4, -0.2) is 30.1 Å². The first-order valence-corrected chi connectivity index (χ1v) is 6.16. The third-order valence-electron chi connectivity index (χ3n) is 4.42. The molecule has 2 atom stereocenters. The predicted molar refractivity (Wildman–Crippen MR) is 60.2 cm³/mol. The molecule has 2 saturated carbocycles. The van der Waals surface area contributed by atoms with Crippen LogP contribution in [0.1, 0.15) is 45.4 Å². The molecule has 2 rings (SSSR count). The van der Waals surface area contributed by atoms with Gasteiger partial charge in [0.25, 0.3) is 0 Å². The van der Waals surface area contributed by atoms with Gasteiger partial charge in [-0.1, -0.05) is 6.92 Å². The maximum absolute atomic E-state index is 5.93. The van der Waals surface area contributed by atoms with Crippen LogP contribution in [0, 0.1) is 5.92 Å². The first-order valence-electron chi connectivity index (χ1n) is 6.16. The first kappa shape index (κ1) is 10.4. The zero-order valence-electron chi connectivity index (χ0n) is 9.58. The molecule has 0 aromatic carbocycles. The Hall–Kier alpha value is -0.0800. The van der Waals surface area contributed by atoms with Gasteiger partial charge in [-0.3, -0.25) is 0 Å². The Morgan fingerprint density at radius 1 is 1.00 bits per heavy atom. The number of nitrogens with two attached hydrogens (primary N) is 1. The van der Waals surface area contributed by atoms with Gasteiger partial charge in [0.15, 0.2) is 0 Å². The van der Waals surface area contributed by atoms with Crippen molar-refractivity contribution >= 4 is 0 Å². The van der Waals surface area contributed by atoms with E-state index < -0.39 is 0 Å². The van der Waals surface area contributed by atoms with Crippen molar-refractivity contribution in [3.63, 3.8) is 0 Å². The molecule has 0 radical (unpaired) electrons. The van der Waals surface area contributed by atoms with Crippen LogP contribution in [0.4, 0.5) is 0 Å². The van der Waals surface area contributed by atoms with Gasteiger partial charge in [0.05, 0.1) is 0 Å². The number of rotatable bonds is 2. The highest BCUT2D eigenvalue weighted by Gasteiger charge is 2.34. The van der Waals surface area contributed by atoms with Gasteiger partial charge in [-0.25, -0.2) is 0 Å². The summed E-state index contributed by atoms with van der Waals surface area (Å²) in [5.41, 5.74) is 5.93. The van der Waals surface area contributed by atoms with Gasteiger partial charge < -0.3 is 10.6 Å². The van der Waals surface area contributed by atoms with E-state index in [1.807, 2.05) is 0 Å². The lowest BCUT2D eigenvalue weighted by atomic mass is 9.78. The molecule has 0 aromatic heterocycles. The summed E-state index contributed by atoms with van der Waals surface area (Å²) in [6.07, 6.45) is 7.95. The molecule has 0 bridgehead atoms. The molecule has 2 nitrogen and oxygen atoms in total. The third-order valence-corrected chi connectivity index (χ3v) is 4.42. The fourth-order valence-electron chi connectivity index (χ4n) is 3.03. The van der Waals surface area contributed by atoms with Crippen LogP contribution in [0.15, 0.2) is 0 Å². The Morgan fingerprint density at radius 3 is 2.07 bits per heavy atom. The molecule has 14 heavy (non-hydrogen) atoms. The average molecular weight is 196 g/mol. The van der Waals surface area contributed by atoms with Crippen molar-refractivity contribution in [2.75, 3.05) is 7.05 Å². The van der Waals surface area contributed by atoms with E-state index in [1.165, 1.54) is 38.5 Å². The zero-order valence-corrected chi connectivity index (χ0v) is 9.58. The van der Waals surface area contributed by atoms with E-state index in [0.717, 1.165) is 18.0 Å². The Kier molecular flexibility index (Phi) is 3.13. The second-order valence-corrected chi connectivity index (χ2v) is 5.36. The molecule has 0 aromatic rings. The maximum Gasteiger partial charge on any atom is 0.0121 e. The van der Waals surface area contributed by atoms with Crippen molar-refractivity contribution in [1.29, 1.82) is 0 Å². The van der Waals surface area contributed by atoms with Gasteiger partial charge in [0, 0.05) is 18.1 Å². The fraction of sp³-hybridized carbons (Fsp3) is 1.00. The molecular formula is C12H24N2. The Labute approximate surface area is 87.8 Å². The zero-order chi connectivity index (χ0) is 10.1. The van der Waals surface area contributed by atoms with Crippen molar-refractivity contribution in [3.05, 3.63) is 0 Å². The van der Waals surface area contributed by atoms with Gasteiger partial charge in [0.1, 0.15) is 0 Å². The largest absolute Gasteiger partial charge is 0.328 e. The molecule has 2 fully saturated rings. The van der Waals surface area contributed by atoms with Crippen molar-refractivity contribution in [2.45, 2.75) is 63.6 Å². The summed E-state index contributed by atoms with van der Waals surface area (Å²) in [5, 5.41) is 0. The summed E-state index contributed by atoms with van der Waals surface area (Å²) in [6, 6.07) is 2.18. The Balaban J connectivity index is 1.82. The van der Waals surface area contributed by atoms with Gasteiger partial charge in [0.2, 0.25) is 0 Å². The van der Waals surface area contributed by atoms with E-state index in [-0.39, 0.29) is 0 Å². The highest BCUT2D eigenvalue weighted by atomic mass is 15.2. The minimum absolute atomic E-state index is 0.485. The molecule has 0 aliphatic heterocycles. The Bertz CT molecular complexity index is 185. The molecule has 82 valence electrons. The van der Waals surface area contributed by atoms with E-state index in [2.05, 4.69) is 18.9 Å². The second-order valence-electron chi connectivity index (χ2n) is 5.36. The quantitative estimate of drug-likeness (QED) is 0.732.